The van der Waals surface area contributed by atoms with Crippen molar-refractivity contribution < 1.29 is 17.9 Å². The van der Waals surface area contributed by atoms with Crippen molar-refractivity contribution in [2.45, 2.75) is 58.5 Å². The maximum Gasteiger partial charge on any atom is 0.421 e. The second-order valence-electron chi connectivity index (χ2n) is 8.97. The van der Waals surface area contributed by atoms with Gasteiger partial charge in [0.25, 0.3) is 10.0 Å². The predicted octanol–water partition coefficient (Wildman–Crippen LogP) is 4.95. The number of ether oxygens (including phenoxy) is 1. The van der Waals surface area contributed by atoms with Gasteiger partial charge in [-0.05, 0) is 69.2 Å². The molecule has 2 aromatic carbocycles. The lowest BCUT2D eigenvalue weighted by molar-refractivity contribution is 0.112. The van der Waals surface area contributed by atoms with E-state index in [9.17, 15) is 13.2 Å². The van der Waals surface area contributed by atoms with Gasteiger partial charge in [0.1, 0.15) is 17.4 Å². The molecule has 4 rings (SSSR count). The summed E-state index contributed by atoms with van der Waals surface area (Å²) >= 11 is 0. The number of nitrogens with one attached hydrogen (secondary N) is 1. The maximum absolute atomic E-state index is 12.4. The van der Waals surface area contributed by atoms with E-state index in [-0.39, 0.29) is 4.90 Å². The lowest BCUT2D eigenvalue weighted by Gasteiger charge is -2.15. The average Bonchev–Trinajstić information content (AvgIpc) is 3.18. The first-order valence-corrected chi connectivity index (χ1v) is 13.3. The van der Waals surface area contributed by atoms with Crippen molar-refractivity contribution in [2.24, 2.45) is 0 Å². The molecule has 0 spiro atoms. The Balaban J connectivity index is 1.45. The number of carbonyl (C=O) groups excluding carboxylic acids is 1. The van der Waals surface area contributed by atoms with Crippen molar-refractivity contribution in [1.29, 1.82) is 0 Å². The number of fused-ring (bicyclic) bond motifs is 1. The molecule has 0 radical (unpaired) electrons. The molecule has 2 heterocycles. The Labute approximate surface area is 211 Å². The smallest absolute Gasteiger partial charge is 0.421 e. The van der Waals surface area contributed by atoms with Crippen LogP contribution in [0.2, 0.25) is 0 Å². The highest BCUT2D eigenvalue weighted by Gasteiger charge is 2.20. The summed E-state index contributed by atoms with van der Waals surface area (Å²) in [4.78, 5) is 21.8. The molecule has 0 aliphatic carbocycles. The van der Waals surface area contributed by atoms with Crippen LogP contribution in [-0.4, -0.2) is 35.2 Å². The summed E-state index contributed by atoms with van der Waals surface area (Å²) in [5.41, 5.74) is 6.58. The third kappa shape index (κ3) is 5.41. The van der Waals surface area contributed by atoms with E-state index in [2.05, 4.69) is 11.5 Å². The number of hydrogen-bond donors (Lipinski definition) is 1. The molecule has 0 bridgehead atoms. The zero-order valence-electron chi connectivity index (χ0n) is 21.1. The van der Waals surface area contributed by atoms with Crippen LogP contribution in [-0.2, 0) is 27.6 Å². The van der Waals surface area contributed by atoms with Gasteiger partial charge in [0.15, 0.2) is 5.65 Å². The fourth-order valence-electron chi connectivity index (χ4n) is 4.16. The highest BCUT2D eigenvalue weighted by molar-refractivity contribution is 7.90. The van der Waals surface area contributed by atoms with Gasteiger partial charge >= 0.3 is 6.09 Å². The summed E-state index contributed by atoms with van der Waals surface area (Å²) in [6.07, 6.45) is -0.340. The lowest BCUT2D eigenvalue weighted by atomic mass is 10.1. The molecule has 1 amide bonds. The van der Waals surface area contributed by atoms with Gasteiger partial charge < -0.3 is 4.74 Å². The highest BCUT2D eigenvalue weighted by atomic mass is 32.2. The summed E-state index contributed by atoms with van der Waals surface area (Å²) in [7, 11) is -4.00. The number of benzene rings is 2. The zero-order valence-corrected chi connectivity index (χ0v) is 21.9. The Morgan fingerprint density at radius 3 is 2.33 bits per heavy atom. The molecule has 0 unspecified atom stereocenters. The number of hydrogen-bond acceptors (Lipinski definition) is 6. The van der Waals surface area contributed by atoms with Gasteiger partial charge in [0, 0.05) is 24.2 Å². The van der Waals surface area contributed by atoms with Crippen LogP contribution < -0.4 is 4.72 Å². The third-order valence-corrected chi connectivity index (χ3v) is 7.22. The van der Waals surface area contributed by atoms with Crippen molar-refractivity contribution >= 4 is 27.3 Å². The number of nitrogens with zero attached hydrogens (tertiary/aromatic N) is 3. The number of aromatic nitrogens is 3. The molecule has 0 aliphatic heterocycles. The first-order chi connectivity index (χ1) is 17.1. The zero-order chi connectivity index (χ0) is 26.0. The van der Waals surface area contributed by atoms with Crippen molar-refractivity contribution in [1.82, 2.24) is 19.3 Å². The Hall–Kier alpha value is -3.72. The van der Waals surface area contributed by atoms with Crippen molar-refractivity contribution in [3.63, 3.8) is 0 Å². The van der Waals surface area contributed by atoms with Gasteiger partial charge in [-0.15, -0.1) is 0 Å². The Morgan fingerprint density at radius 1 is 1.03 bits per heavy atom. The van der Waals surface area contributed by atoms with E-state index in [0.717, 1.165) is 51.5 Å². The van der Waals surface area contributed by atoms with Gasteiger partial charge in [0.2, 0.25) is 0 Å². The summed E-state index contributed by atoms with van der Waals surface area (Å²) in [6, 6.07) is 16.2. The quantitative estimate of drug-likeness (QED) is 0.380. The third-order valence-electron chi connectivity index (χ3n) is 5.89. The van der Waals surface area contributed by atoms with Crippen molar-refractivity contribution in [3.05, 3.63) is 82.8 Å². The van der Waals surface area contributed by atoms with Gasteiger partial charge in [-0.25, -0.2) is 27.9 Å². The molecular weight excluding hydrogens is 476 g/mol. The molecule has 0 aliphatic rings. The van der Waals surface area contributed by atoms with Gasteiger partial charge in [0.05, 0.1) is 4.90 Å². The second kappa shape index (κ2) is 10.1. The molecule has 1 atom stereocenters. The summed E-state index contributed by atoms with van der Waals surface area (Å²) in [5.74, 6) is 0.933. The molecule has 0 saturated heterocycles. The van der Waals surface area contributed by atoms with E-state index < -0.39 is 22.2 Å². The number of amides is 1. The molecule has 188 valence electrons. The van der Waals surface area contributed by atoms with Crippen LogP contribution in [0.3, 0.4) is 0 Å². The minimum absolute atomic E-state index is 0.00615. The average molecular weight is 507 g/mol. The van der Waals surface area contributed by atoms with Crippen LogP contribution in [0.5, 0.6) is 0 Å². The molecular formula is C27H30N4O4S. The summed E-state index contributed by atoms with van der Waals surface area (Å²) < 4.78 is 34.2. The maximum atomic E-state index is 12.4. The lowest BCUT2D eigenvalue weighted by Crippen LogP contribution is -2.33. The van der Waals surface area contributed by atoms with Crippen LogP contribution in [0.15, 0.2) is 59.5 Å². The van der Waals surface area contributed by atoms with Gasteiger partial charge in [-0.1, -0.05) is 36.8 Å². The SMILES string of the molecule is CCc1nc2c(C)cc(C)nc2n1-c1ccc(C[C@H](C)OC(=O)NS(=O)(=O)c2ccc(C)cc2)cc1. The minimum Gasteiger partial charge on any atom is -0.445 e. The number of carbonyl (C=O) groups is 1. The van der Waals surface area contributed by atoms with Gasteiger partial charge in [-0.2, -0.15) is 0 Å². The number of aryl methyl sites for hydroxylation is 4. The van der Waals surface area contributed by atoms with E-state index in [4.69, 9.17) is 14.7 Å². The Kier molecular flexibility index (Phi) is 7.12. The summed E-state index contributed by atoms with van der Waals surface area (Å²) in [5, 5.41) is 0. The van der Waals surface area contributed by atoms with E-state index in [1.165, 1.54) is 12.1 Å². The number of rotatable bonds is 7. The molecule has 36 heavy (non-hydrogen) atoms. The normalized spacial score (nSPS) is 12.5. The van der Waals surface area contributed by atoms with Crippen LogP contribution in [0.4, 0.5) is 4.79 Å². The molecule has 0 fully saturated rings. The molecule has 1 N–H and O–H groups in total. The van der Waals surface area contributed by atoms with E-state index >= 15 is 0 Å². The number of pyridine rings is 1. The molecule has 4 aromatic rings. The first kappa shape index (κ1) is 25.4. The monoisotopic (exact) mass is 506 g/mol. The van der Waals surface area contributed by atoms with Crippen molar-refractivity contribution in [3.8, 4) is 5.69 Å². The first-order valence-electron chi connectivity index (χ1n) is 11.8. The van der Waals surface area contributed by atoms with Crippen LogP contribution in [0.25, 0.3) is 16.9 Å². The van der Waals surface area contributed by atoms with Crippen LogP contribution >= 0.6 is 0 Å². The molecule has 2 aromatic heterocycles. The van der Waals surface area contributed by atoms with E-state index in [1.54, 1.807) is 19.1 Å². The standard InChI is InChI=1S/C27H30N4O4S/c1-6-24-29-25-18(3)15-19(4)28-26(25)31(24)22-11-9-21(10-12-22)16-20(5)35-27(32)30-36(33,34)23-13-7-17(2)8-14-23/h7-15,20H,6,16H2,1-5H3,(H,30,32)/t20-/m0/s1. The topological polar surface area (TPSA) is 103 Å². The molecule has 8 nitrogen and oxygen atoms in total. The highest BCUT2D eigenvalue weighted by Crippen LogP contribution is 2.24. The summed E-state index contributed by atoms with van der Waals surface area (Å²) in [6.45, 7) is 9.66. The van der Waals surface area contributed by atoms with Crippen molar-refractivity contribution in [2.75, 3.05) is 0 Å². The largest absolute Gasteiger partial charge is 0.445 e. The second-order valence-corrected chi connectivity index (χ2v) is 10.7. The fraction of sp³-hybridized carbons (Fsp3) is 0.296. The Bertz CT molecular complexity index is 1510. The predicted molar refractivity (Wildman–Crippen MR) is 139 cm³/mol. The van der Waals surface area contributed by atoms with E-state index in [1.807, 2.05) is 55.8 Å². The minimum atomic E-state index is -4.00. The number of imidazole rings is 1. The molecule has 9 heteroatoms. The fourth-order valence-corrected chi connectivity index (χ4v) is 5.04. The molecule has 0 saturated carbocycles. The Morgan fingerprint density at radius 2 is 1.69 bits per heavy atom. The van der Waals surface area contributed by atoms with Crippen LogP contribution in [0, 0.1) is 20.8 Å². The van der Waals surface area contributed by atoms with E-state index in [0.29, 0.717) is 6.42 Å². The van der Waals surface area contributed by atoms with Gasteiger partial charge in [-0.3, -0.25) is 4.57 Å². The van der Waals surface area contributed by atoms with Crippen LogP contribution in [0.1, 0.15) is 42.1 Å². The number of sulfonamides is 1.